The van der Waals surface area contributed by atoms with Crippen LogP contribution >= 0.6 is 0 Å². The van der Waals surface area contributed by atoms with Crippen LogP contribution in [0.1, 0.15) is 26.5 Å². The summed E-state index contributed by atoms with van der Waals surface area (Å²) < 4.78 is 15.1. The van der Waals surface area contributed by atoms with E-state index >= 15 is 0 Å². The number of anilines is 10. The summed E-state index contributed by atoms with van der Waals surface area (Å²) in [6.07, 6.45) is 3.57. The van der Waals surface area contributed by atoms with Crippen molar-refractivity contribution in [3.63, 3.8) is 0 Å². The first kappa shape index (κ1) is 47.2. The van der Waals surface area contributed by atoms with E-state index in [2.05, 4.69) is 150 Å². The second-order valence-corrected chi connectivity index (χ2v) is 18.4. The molecule has 0 atom stereocenters. The number of methoxy groups -OCH3 is 2. The fourth-order valence-corrected chi connectivity index (χ4v) is 8.10. The van der Waals surface area contributed by atoms with E-state index in [4.69, 9.17) is 9.47 Å². The van der Waals surface area contributed by atoms with E-state index in [1.54, 1.807) is 26.6 Å². The summed E-state index contributed by atoms with van der Waals surface area (Å²) in [5.41, 5.74) is 9.02. The number of hydrogen-bond donors (Lipinski definition) is 4. The molecule has 2 fully saturated rings. The molecule has 9 rings (SSSR count). The zero-order valence-corrected chi connectivity index (χ0v) is 40.9. The van der Waals surface area contributed by atoms with Gasteiger partial charge in [0.2, 0.25) is 0 Å². The molecule has 0 radical (unpaired) electrons. The van der Waals surface area contributed by atoms with Gasteiger partial charge in [0, 0.05) is 149 Å². The molecule has 356 valence electrons. The molecule has 0 saturated carbocycles. The molecule has 2 saturated heterocycles. The molecule has 0 amide bonds. The van der Waals surface area contributed by atoms with Crippen molar-refractivity contribution in [2.75, 3.05) is 112 Å². The minimum Gasteiger partial charge on any atom is -0.494 e. The fourth-order valence-electron chi connectivity index (χ4n) is 8.10. The molecule has 4 aromatic heterocycles. The third-order valence-electron chi connectivity index (χ3n) is 12.3. The molecule has 2 aliphatic rings. The number of piperazine rings is 2. The van der Waals surface area contributed by atoms with Gasteiger partial charge in [-0.25, -0.2) is 9.97 Å². The average molecular weight is 919 g/mol. The van der Waals surface area contributed by atoms with Crippen LogP contribution in [0.4, 0.5) is 57.4 Å². The van der Waals surface area contributed by atoms with Crippen molar-refractivity contribution in [1.29, 1.82) is 0 Å². The lowest BCUT2D eigenvalue weighted by Crippen LogP contribution is -2.44. The lowest BCUT2D eigenvalue weighted by atomic mass is 9.92. The molecule has 6 heterocycles. The van der Waals surface area contributed by atoms with Crippen molar-refractivity contribution >= 4 is 57.4 Å². The molecule has 0 aliphatic carbocycles. The van der Waals surface area contributed by atoms with E-state index < -0.39 is 0 Å². The Morgan fingerprint density at radius 2 is 0.971 bits per heavy atom. The van der Waals surface area contributed by atoms with Gasteiger partial charge < -0.3 is 50.3 Å². The van der Waals surface area contributed by atoms with Crippen LogP contribution in [0.15, 0.2) is 116 Å². The molecule has 3 aromatic carbocycles. The number of nitrogens with zero attached hydrogens (tertiary/aromatic N) is 10. The lowest BCUT2D eigenvalue weighted by Gasteiger charge is -2.34. The minimum absolute atomic E-state index is 0.00448. The van der Waals surface area contributed by atoms with Crippen LogP contribution in [0.25, 0.3) is 11.3 Å². The maximum absolute atomic E-state index is 5.70. The molecular formula is C52H66N14O2. The van der Waals surface area contributed by atoms with Crippen LogP contribution in [0.3, 0.4) is 0 Å². The van der Waals surface area contributed by atoms with Crippen molar-refractivity contribution in [1.82, 2.24) is 39.3 Å². The maximum atomic E-state index is 5.70. The van der Waals surface area contributed by atoms with Gasteiger partial charge in [-0.2, -0.15) is 10.2 Å². The van der Waals surface area contributed by atoms with E-state index in [1.807, 2.05) is 72.0 Å². The molecule has 16 heteroatoms. The van der Waals surface area contributed by atoms with Crippen molar-refractivity contribution in [3.05, 3.63) is 121 Å². The first-order valence-electron chi connectivity index (χ1n) is 23.2. The molecule has 68 heavy (non-hydrogen) atoms. The Labute approximate surface area is 400 Å². The quantitative estimate of drug-likeness (QED) is 0.0874. The van der Waals surface area contributed by atoms with Gasteiger partial charge in [-0.3, -0.25) is 9.36 Å². The zero-order chi connectivity index (χ0) is 47.8. The molecule has 16 nitrogen and oxygen atoms in total. The Bertz CT molecular complexity index is 2750. The number of aromatic nitrogens is 6. The number of likely N-dealkylation sites (N-methyl/N-ethyl adjacent to an activating group) is 2. The van der Waals surface area contributed by atoms with Crippen LogP contribution in [0.2, 0.25) is 0 Å². The largest absolute Gasteiger partial charge is 0.494 e. The Morgan fingerprint density at radius 3 is 1.43 bits per heavy atom. The first-order valence-corrected chi connectivity index (χ1v) is 23.2. The Morgan fingerprint density at radius 1 is 0.500 bits per heavy atom. The smallest absolute Gasteiger partial charge is 0.144 e. The Hall–Kier alpha value is -7.30. The topological polar surface area (TPSA) is 141 Å². The molecule has 0 spiro atoms. The molecule has 4 N–H and O–H groups in total. The van der Waals surface area contributed by atoms with E-state index in [1.165, 1.54) is 11.4 Å². The third kappa shape index (κ3) is 11.8. The van der Waals surface area contributed by atoms with E-state index in [9.17, 15) is 0 Å². The summed E-state index contributed by atoms with van der Waals surface area (Å²) in [5.74, 6) is 4.89. The SMILES string of the molecule is COc1cc(N2CCN(C)CC2)ccc1Nc1cc(Nc2cc(-c3ccccc3)nn2C)ccn1.COc1cc(N2CCN(C)CC2)ccc1Nc1cc(Nc2cc(C(C)(C)C)nn2C)ccn1. The summed E-state index contributed by atoms with van der Waals surface area (Å²) in [6.45, 7) is 14.8. The molecule has 2 aliphatic heterocycles. The first-order chi connectivity index (χ1) is 32.8. The predicted octanol–water partition coefficient (Wildman–Crippen LogP) is 9.09. The average Bonchev–Trinajstić information content (AvgIpc) is 3.91. The van der Waals surface area contributed by atoms with Gasteiger partial charge in [-0.1, -0.05) is 51.1 Å². The lowest BCUT2D eigenvalue weighted by molar-refractivity contribution is 0.312. The molecule has 0 bridgehead atoms. The molecule has 0 unspecified atom stereocenters. The van der Waals surface area contributed by atoms with E-state index in [0.717, 1.165) is 127 Å². The highest BCUT2D eigenvalue weighted by Crippen LogP contribution is 2.35. The summed E-state index contributed by atoms with van der Waals surface area (Å²) in [7, 11) is 11.6. The van der Waals surface area contributed by atoms with Gasteiger partial charge in [-0.15, -0.1) is 0 Å². The van der Waals surface area contributed by atoms with Crippen LogP contribution in [-0.2, 0) is 19.5 Å². The van der Waals surface area contributed by atoms with Gasteiger partial charge in [0.25, 0.3) is 0 Å². The number of benzene rings is 3. The molecule has 7 aromatic rings. The number of ether oxygens (including phenoxy) is 2. The standard InChI is InChI=1S/C27H31N7O.C25H35N7O/c1-32-13-15-34(16-14-32)22-9-10-23(25(18-22)35-3)30-26-17-21(11-12-28-26)29-27-19-24(31-33(27)2)20-7-5-4-6-8-20;1-25(2,3)22-17-24(31(5)29-22)27-18-9-10-26-23(15-18)28-20-8-7-19(16-21(20)33-6)32-13-11-30(4)12-14-32/h4-12,17-19H,13-16H2,1-3H3,(H2,28,29,30);7-10,15-17H,11-14H2,1-6H3,(H2,26,27,28). The van der Waals surface area contributed by atoms with Crippen LogP contribution in [-0.4, -0.2) is 120 Å². The number of hydrogen-bond acceptors (Lipinski definition) is 14. The Kier molecular flexibility index (Phi) is 14.7. The summed E-state index contributed by atoms with van der Waals surface area (Å²) in [6, 6.07) is 34.7. The number of aryl methyl sites for hydroxylation is 2. The van der Waals surface area contributed by atoms with Crippen LogP contribution in [0.5, 0.6) is 11.5 Å². The van der Waals surface area contributed by atoms with Crippen molar-refractivity contribution in [3.8, 4) is 22.8 Å². The van der Waals surface area contributed by atoms with Crippen molar-refractivity contribution < 1.29 is 9.47 Å². The zero-order valence-electron chi connectivity index (χ0n) is 40.9. The highest BCUT2D eigenvalue weighted by molar-refractivity contribution is 5.73. The van der Waals surface area contributed by atoms with Gasteiger partial charge in [0.1, 0.15) is 34.8 Å². The normalized spacial score (nSPS) is 14.5. The van der Waals surface area contributed by atoms with Crippen molar-refractivity contribution in [2.24, 2.45) is 14.1 Å². The van der Waals surface area contributed by atoms with E-state index in [-0.39, 0.29) is 5.41 Å². The van der Waals surface area contributed by atoms with Gasteiger partial charge in [0.05, 0.1) is 37.0 Å². The second-order valence-electron chi connectivity index (χ2n) is 18.4. The number of nitrogens with one attached hydrogen (secondary N) is 4. The van der Waals surface area contributed by atoms with Gasteiger partial charge in [-0.05, 0) is 50.5 Å². The third-order valence-corrected chi connectivity index (χ3v) is 12.3. The summed E-state index contributed by atoms with van der Waals surface area (Å²) >= 11 is 0. The Balaban J connectivity index is 0.000000184. The monoisotopic (exact) mass is 919 g/mol. The minimum atomic E-state index is -0.00448. The number of rotatable bonds is 13. The second kappa shape index (κ2) is 21.1. The van der Waals surface area contributed by atoms with Crippen LogP contribution in [0, 0.1) is 0 Å². The van der Waals surface area contributed by atoms with Gasteiger partial charge >= 0.3 is 0 Å². The highest BCUT2D eigenvalue weighted by Gasteiger charge is 2.21. The predicted molar refractivity (Wildman–Crippen MR) is 278 cm³/mol. The van der Waals surface area contributed by atoms with E-state index in [0.29, 0.717) is 0 Å². The van der Waals surface area contributed by atoms with Crippen molar-refractivity contribution in [2.45, 2.75) is 26.2 Å². The molecular weight excluding hydrogens is 853 g/mol. The highest BCUT2D eigenvalue weighted by atomic mass is 16.5. The summed E-state index contributed by atoms with van der Waals surface area (Å²) in [5, 5.41) is 23.0. The number of pyridine rings is 2. The summed E-state index contributed by atoms with van der Waals surface area (Å²) in [4.78, 5) is 18.5. The van der Waals surface area contributed by atoms with Gasteiger partial charge in [0.15, 0.2) is 0 Å². The van der Waals surface area contributed by atoms with Crippen LogP contribution < -0.4 is 40.5 Å². The fraction of sp³-hybridized carbons (Fsp3) is 0.346. The maximum Gasteiger partial charge on any atom is 0.144 e.